The van der Waals surface area contributed by atoms with E-state index in [0.29, 0.717) is 32.0 Å². The van der Waals surface area contributed by atoms with E-state index in [4.69, 9.17) is 0 Å². The summed E-state index contributed by atoms with van der Waals surface area (Å²) >= 11 is 0. The van der Waals surface area contributed by atoms with Crippen LogP contribution in [0.4, 0.5) is 0 Å². The average molecular weight is 713 g/mol. The fraction of sp³-hybridized carbons (Fsp3) is 1.00. The molecule has 50 heavy (non-hydrogen) atoms. The summed E-state index contributed by atoms with van der Waals surface area (Å²) in [4.78, 5) is 0. The highest BCUT2D eigenvalue weighted by atomic mass is 31.0. The number of hydrogen-bond acceptors (Lipinski definition) is 0. The van der Waals surface area contributed by atoms with Crippen LogP contribution in [0, 0.1) is 105 Å². The molecule has 276 valence electrons. The van der Waals surface area contributed by atoms with Gasteiger partial charge in [0.1, 0.15) is 0 Å². The Kier molecular flexibility index (Phi) is 6.67. The van der Waals surface area contributed by atoms with Crippen LogP contribution >= 0.6 is 18.5 Å². The van der Waals surface area contributed by atoms with Gasteiger partial charge in [0, 0.05) is 0 Å². The second-order valence-electron chi connectivity index (χ2n) is 25.0. The molecule has 17 aliphatic carbocycles. The number of hydrogen-bond donors (Lipinski definition) is 0. The van der Waals surface area contributed by atoms with Gasteiger partial charge in [-0.3, -0.25) is 0 Å². The predicted octanol–water partition coefficient (Wildman–Crippen LogP) is 12.9. The van der Waals surface area contributed by atoms with E-state index >= 15 is 0 Å². The maximum absolute atomic E-state index is 4.21. The summed E-state index contributed by atoms with van der Waals surface area (Å²) in [5.74, 6) is 15.0. The Balaban J connectivity index is 1.02. The third-order valence-electron chi connectivity index (χ3n) is 22.6. The summed E-state index contributed by atoms with van der Waals surface area (Å²) in [6.07, 6.45) is 45.8. The van der Waals surface area contributed by atoms with Crippen molar-refractivity contribution in [2.45, 2.75) is 190 Å². The normalized spacial score (nSPS) is 63.0. The van der Waals surface area contributed by atoms with Crippen molar-refractivity contribution in [2.75, 3.05) is 0 Å². The lowest BCUT2D eigenvalue weighted by Gasteiger charge is -2.78. The average Bonchev–Trinajstić information content (AvgIpc) is 3.05. The zero-order chi connectivity index (χ0) is 32.9. The van der Waals surface area contributed by atoms with Gasteiger partial charge in [0.2, 0.25) is 0 Å². The van der Waals surface area contributed by atoms with Crippen molar-refractivity contribution < 1.29 is 0 Å². The summed E-state index contributed by atoms with van der Waals surface area (Å²) < 4.78 is 0. The molecular weight excluding hydrogens is 638 g/mol. The molecule has 2 heteroatoms. The molecule has 0 radical (unpaired) electrons. The van der Waals surface area contributed by atoms with Crippen LogP contribution in [0.3, 0.4) is 0 Å². The van der Waals surface area contributed by atoms with E-state index in [0.717, 1.165) is 82.9 Å². The summed E-state index contributed by atoms with van der Waals surface area (Å²) in [5.41, 5.74) is 2.58. The lowest BCUT2D eigenvalue weighted by atomic mass is 9.32. The van der Waals surface area contributed by atoms with Crippen LogP contribution in [0.1, 0.15) is 180 Å². The Morgan fingerprint density at radius 1 is 0.280 bits per heavy atom. The fourth-order valence-electron chi connectivity index (χ4n) is 23.4. The molecule has 4 atom stereocenters. The molecule has 17 saturated carbocycles. The highest BCUT2D eigenvalue weighted by molar-refractivity contribution is 7.19. The molecule has 0 aromatic heterocycles. The minimum Gasteiger partial charge on any atom is -0.130 e. The minimum atomic E-state index is 0.503. The van der Waals surface area contributed by atoms with Gasteiger partial charge in [-0.15, -0.1) is 18.5 Å². The third kappa shape index (κ3) is 3.97. The van der Waals surface area contributed by atoms with Gasteiger partial charge in [0.05, 0.1) is 0 Å². The maximum atomic E-state index is 4.21. The molecule has 0 saturated heterocycles. The molecule has 16 bridgehead atoms. The quantitative estimate of drug-likeness (QED) is 0.241. The topological polar surface area (TPSA) is 0 Å². The first-order valence-electron chi connectivity index (χ1n) is 23.7. The predicted molar refractivity (Wildman–Crippen MR) is 213 cm³/mol. The van der Waals surface area contributed by atoms with Crippen LogP contribution < -0.4 is 0 Å². The molecule has 0 nitrogen and oxygen atoms in total. The van der Waals surface area contributed by atoms with Crippen molar-refractivity contribution >= 4 is 18.5 Å². The molecule has 2 unspecified atom stereocenters. The van der Waals surface area contributed by atoms with Crippen LogP contribution in [-0.2, 0) is 0 Å². The Hall–Kier alpha value is 0.860. The van der Waals surface area contributed by atoms with Crippen LogP contribution in [0.2, 0.25) is 0 Å². The van der Waals surface area contributed by atoms with Gasteiger partial charge >= 0.3 is 0 Å². The Bertz CT molecular complexity index is 1080. The smallest absolute Gasteiger partial charge is 0.000619 e. The lowest BCUT2D eigenvalue weighted by Crippen LogP contribution is -2.74. The Morgan fingerprint density at radius 2 is 0.440 bits per heavy atom. The van der Waals surface area contributed by atoms with Gasteiger partial charge in [-0.05, 0) is 282 Å². The first-order valence-corrected chi connectivity index (χ1v) is 24.9. The van der Waals surface area contributed by atoms with Crippen molar-refractivity contribution in [1.29, 1.82) is 0 Å². The molecule has 17 aliphatic rings. The summed E-state index contributed by atoms with van der Waals surface area (Å²) in [6.45, 7) is 0. The molecular formula is C48H74P2. The van der Waals surface area contributed by atoms with Gasteiger partial charge in [-0.2, -0.15) is 0 Å². The minimum absolute atomic E-state index is 0.503. The van der Waals surface area contributed by atoms with E-state index in [1.807, 2.05) is 0 Å². The van der Waals surface area contributed by atoms with E-state index in [2.05, 4.69) is 18.5 Å². The van der Waals surface area contributed by atoms with Gasteiger partial charge in [-0.1, -0.05) is 12.8 Å². The van der Waals surface area contributed by atoms with Crippen LogP contribution in [-0.4, -0.2) is 10.3 Å². The molecule has 0 N–H and O–H groups in total. The van der Waals surface area contributed by atoms with Crippen molar-refractivity contribution in [1.82, 2.24) is 0 Å². The molecule has 17 fully saturated rings. The molecule has 0 amide bonds. The first-order chi connectivity index (χ1) is 24.2. The van der Waals surface area contributed by atoms with Gasteiger partial charge < -0.3 is 0 Å². The lowest BCUT2D eigenvalue weighted by molar-refractivity contribution is -0.208. The third-order valence-corrected chi connectivity index (χ3v) is 25.9. The van der Waals surface area contributed by atoms with E-state index in [-0.39, 0.29) is 0 Å². The van der Waals surface area contributed by atoms with Crippen molar-refractivity contribution in [3.05, 3.63) is 0 Å². The SMILES string of the molecule is PC([C@@H]1CCCC[C@@H]1C(P)(C12CC3CC(CC(C3)C1)C2)C12CC3CC(CC(C3)C1)C2)(C12CC3CC(CC(C3)C1)C2)C12CC3CC(CC(C3)C1)C2. The molecule has 17 rings (SSSR count). The largest absolute Gasteiger partial charge is 0.130 e. The zero-order valence-corrected chi connectivity index (χ0v) is 34.3. The molecule has 0 heterocycles. The van der Waals surface area contributed by atoms with Gasteiger partial charge in [-0.25, -0.2) is 0 Å². The second kappa shape index (κ2) is 10.4. The first kappa shape index (κ1) is 32.0. The summed E-state index contributed by atoms with van der Waals surface area (Å²) in [6, 6.07) is 0. The summed E-state index contributed by atoms with van der Waals surface area (Å²) in [5, 5.41) is 1.01. The van der Waals surface area contributed by atoms with E-state index in [1.165, 1.54) is 0 Å². The van der Waals surface area contributed by atoms with Gasteiger partial charge in [0.25, 0.3) is 0 Å². The zero-order valence-electron chi connectivity index (χ0n) is 32.0. The van der Waals surface area contributed by atoms with Crippen LogP contribution in [0.15, 0.2) is 0 Å². The molecule has 0 spiro atoms. The van der Waals surface area contributed by atoms with Gasteiger partial charge in [0.15, 0.2) is 0 Å². The second-order valence-corrected chi connectivity index (χ2v) is 26.8. The monoisotopic (exact) mass is 713 g/mol. The highest BCUT2D eigenvalue weighted by Crippen LogP contribution is 2.83. The standard InChI is InChI=1S/C48H74P2/c49-47(43-17-29-5-30(18-43)7-31(6-29)19-43,44-20-32-8-33(21-44)10-34(9-32)22-44)41-3-1-2-4-42(41)48(50,45-23-35-11-36(24-45)13-37(12-35)25-45)46-26-38-14-39(27-46)16-40(15-38)28-46/h29-42H,1-28,49-50H2/t29?,30?,31?,32?,33?,34?,35?,36?,37?,38?,39?,40?,41-,42+,43?,44?,45?,46?,47?,48?. The van der Waals surface area contributed by atoms with E-state index in [1.54, 1.807) is 180 Å². The molecule has 0 aromatic rings. The summed E-state index contributed by atoms with van der Waals surface area (Å²) in [7, 11) is 8.43. The number of rotatable bonds is 6. The van der Waals surface area contributed by atoms with E-state index in [9.17, 15) is 0 Å². The highest BCUT2D eigenvalue weighted by Gasteiger charge is 2.76. The van der Waals surface area contributed by atoms with Crippen LogP contribution in [0.25, 0.3) is 0 Å². The molecule has 0 aliphatic heterocycles. The van der Waals surface area contributed by atoms with Crippen molar-refractivity contribution in [3.8, 4) is 0 Å². The molecule has 0 aromatic carbocycles. The maximum Gasteiger partial charge on any atom is -0.000619 e. The van der Waals surface area contributed by atoms with Crippen molar-refractivity contribution in [2.24, 2.45) is 105 Å². The van der Waals surface area contributed by atoms with E-state index < -0.39 is 0 Å². The van der Waals surface area contributed by atoms with Crippen LogP contribution in [0.5, 0.6) is 0 Å². The van der Waals surface area contributed by atoms with Crippen molar-refractivity contribution in [3.63, 3.8) is 0 Å². The Morgan fingerprint density at radius 3 is 0.600 bits per heavy atom. The fourth-order valence-corrected chi connectivity index (χ4v) is 25.6. The Labute approximate surface area is 311 Å².